The van der Waals surface area contributed by atoms with Crippen molar-refractivity contribution < 1.29 is 29.6 Å². The highest BCUT2D eigenvalue weighted by molar-refractivity contribution is 7.99. The van der Waals surface area contributed by atoms with E-state index in [0.29, 0.717) is 29.2 Å². The van der Waals surface area contributed by atoms with E-state index in [9.17, 15) is 20.1 Å². The van der Waals surface area contributed by atoms with Crippen LogP contribution in [0.3, 0.4) is 0 Å². The molecule has 0 aliphatic carbocycles. The molecule has 0 unspecified atom stereocenters. The minimum Gasteiger partial charge on any atom is -0.494 e. The van der Waals surface area contributed by atoms with Gasteiger partial charge in [0.2, 0.25) is 0 Å². The van der Waals surface area contributed by atoms with E-state index in [-0.39, 0.29) is 17.7 Å². The van der Waals surface area contributed by atoms with Crippen LogP contribution < -0.4 is 10.1 Å². The van der Waals surface area contributed by atoms with Crippen molar-refractivity contribution in [3.05, 3.63) is 94.0 Å². The van der Waals surface area contributed by atoms with Crippen molar-refractivity contribution >= 4 is 29.3 Å². The molecule has 7 nitrogen and oxygen atoms in total. The third kappa shape index (κ3) is 7.37. The summed E-state index contributed by atoms with van der Waals surface area (Å²) in [6.45, 7) is 6.32. The van der Waals surface area contributed by atoms with Crippen molar-refractivity contribution in [2.75, 3.05) is 12.4 Å². The number of hydrogen-bond donors (Lipinski definition) is 4. The molecule has 1 amide bonds. The lowest BCUT2D eigenvalue weighted by Gasteiger charge is -2.41. The summed E-state index contributed by atoms with van der Waals surface area (Å²) >= 11 is 7.87. The number of ether oxygens (including phenoxy) is 2. The number of aliphatic hydroxyl groups is 3. The molecule has 9 heteroatoms. The molecule has 0 radical (unpaired) electrons. The van der Waals surface area contributed by atoms with Gasteiger partial charge in [0.1, 0.15) is 30.2 Å². The molecule has 40 heavy (non-hydrogen) atoms. The highest BCUT2D eigenvalue weighted by Gasteiger charge is 2.44. The molecule has 1 aliphatic heterocycles. The Morgan fingerprint density at radius 2 is 1.75 bits per heavy atom. The maximum absolute atomic E-state index is 12.7. The second-order valence-corrected chi connectivity index (χ2v) is 11.6. The van der Waals surface area contributed by atoms with Crippen molar-refractivity contribution in [1.29, 1.82) is 0 Å². The van der Waals surface area contributed by atoms with E-state index in [1.165, 1.54) is 11.8 Å². The van der Waals surface area contributed by atoms with Gasteiger partial charge in [0, 0.05) is 21.7 Å². The van der Waals surface area contributed by atoms with Gasteiger partial charge in [0.15, 0.2) is 0 Å². The summed E-state index contributed by atoms with van der Waals surface area (Å²) < 4.78 is 11.7. The second kappa shape index (κ2) is 13.9. The van der Waals surface area contributed by atoms with Crippen LogP contribution in [0.5, 0.6) is 5.75 Å². The van der Waals surface area contributed by atoms with Crippen LogP contribution in [0, 0.1) is 0 Å². The highest BCUT2D eigenvalue weighted by Crippen LogP contribution is 2.37. The first-order valence-corrected chi connectivity index (χ1v) is 14.8. The Kier molecular flexibility index (Phi) is 10.5. The molecule has 5 atom stereocenters. The van der Waals surface area contributed by atoms with E-state index in [2.05, 4.69) is 5.32 Å². The molecule has 0 spiro atoms. The normalized spacial score (nSPS) is 22.8. The predicted molar refractivity (Wildman–Crippen MR) is 157 cm³/mol. The average molecular weight is 586 g/mol. The summed E-state index contributed by atoms with van der Waals surface area (Å²) in [7, 11) is 0. The van der Waals surface area contributed by atoms with Crippen LogP contribution >= 0.6 is 23.4 Å². The fourth-order valence-electron chi connectivity index (χ4n) is 4.65. The largest absolute Gasteiger partial charge is 0.494 e. The second-order valence-electron chi connectivity index (χ2n) is 10.1. The number of hydrogen-bond acceptors (Lipinski definition) is 7. The lowest BCUT2D eigenvalue weighted by molar-refractivity contribution is -0.218. The molecule has 3 aromatic rings. The maximum Gasteiger partial charge on any atom is 0.252 e. The smallest absolute Gasteiger partial charge is 0.252 e. The molecule has 1 heterocycles. The Balaban J connectivity index is 1.51. The molecule has 1 saturated heterocycles. The molecule has 4 N–H and O–H groups in total. The van der Waals surface area contributed by atoms with Crippen molar-refractivity contribution in [3.8, 4) is 5.75 Å². The predicted octanol–water partition coefficient (Wildman–Crippen LogP) is 4.78. The van der Waals surface area contributed by atoms with Crippen LogP contribution in [-0.4, -0.2) is 64.0 Å². The van der Waals surface area contributed by atoms with Gasteiger partial charge in [-0.25, -0.2) is 0 Å². The standard InChI is InChI=1S/C31H36ClNO6S/c1-4-38-22-12-9-19(10-13-22)15-21-16-20(11-14-24(21)32)30-29(36)28(35)27(34)25(39-30)17-40-26-8-6-5-7-23(26)31(37)33-18(2)3/h5-14,16,18,25,27-30,34-36H,4,15,17H2,1-3H3,(H,33,37)/t25-,27-,28+,29-,30+/m1/s1. The Morgan fingerprint density at radius 3 is 2.45 bits per heavy atom. The summed E-state index contributed by atoms with van der Waals surface area (Å²) in [4.78, 5) is 13.4. The zero-order chi connectivity index (χ0) is 28.8. The molecule has 3 aromatic carbocycles. The number of nitrogens with one attached hydrogen (secondary N) is 1. The molecule has 4 rings (SSSR count). The van der Waals surface area contributed by atoms with E-state index in [1.54, 1.807) is 24.3 Å². The Morgan fingerprint density at radius 1 is 1.02 bits per heavy atom. The number of benzene rings is 3. The SMILES string of the molecule is CCOc1ccc(Cc2cc([C@@H]3O[C@H](CSc4ccccc4C(=O)NC(C)C)[C@@H](O)[C@H](O)[C@H]3O)ccc2Cl)cc1. The maximum atomic E-state index is 12.7. The molecular formula is C31H36ClNO6S. The number of aliphatic hydroxyl groups excluding tert-OH is 3. The quantitative estimate of drug-likeness (QED) is 0.254. The molecule has 1 fully saturated rings. The van der Waals surface area contributed by atoms with Crippen molar-refractivity contribution in [1.82, 2.24) is 5.32 Å². The Bertz CT molecular complexity index is 1290. The van der Waals surface area contributed by atoms with Crippen LogP contribution in [0.2, 0.25) is 5.02 Å². The highest BCUT2D eigenvalue weighted by atomic mass is 35.5. The summed E-state index contributed by atoms with van der Waals surface area (Å²) in [6.07, 6.45) is -5.15. The number of carbonyl (C=O) groups excluding carboxylic acids is 1. The van der Waals surface area contributed by atoms with Gasteiger partial charge in [-0.2, -0.15) is 0 Å². The van der Waals surface area contributed by atoms with E-state index in [1.807, 2.05) is 63.2 Å². The third-order valence-corrected chi connectivity index (χ3v) is 8.23. The minimum atomic E-state index is -1.41. The number of amides is 1. The van der Waals surface area contributed by atoms with Crippen molar-refractivity contribution in [3.63, 3.8) is 0 Å². The van der Waals surface area contributed by atoms with Crippen LogP contribution in [0.1, 0.15) is 53.9 Å². The lowest BCUT2D eigenvalue weighted by atomic mass is 9.90. The Labute approximate surface area is 244 Å². The molecular weight excluding hydrogens is 550 g/mol. The molecule has 0 aromatic heterocycles. The van der Waals surface area contributed by atoms with Crippen LogP contribution in [0.15, 0.2) is 71.6 Å². The number of halogens is 1. The zero-order valence-corrected chi connectivity index (χ0v) is 24.4. The number of carbonyl (C=O) groups is 1. The lowest BCUT2D eigenvalue weighted by Crippen LogP contribution is -2.54. The minimum absolute atomic E-state index is 0.00912. The first-order valence-electron chi connectivity index (χ1n) is 13.4. The molecule has 1 aliphatic rings. The van der Waals surface area contributed by atoms with E-state index < -0.39 is 30.5 Å². The molecule has 0 saturated carbocycles. The van der Waals surface area contributed by atoms with E-state index in [0.717, 1.165) is 21.8 Å². The van der Waals surface area contributed by atoms with Gasteiger partial charge in [0.25, 0.3) is 5.91 Å². The van der Waals surface area contributed by atoms with Crippen molar-refractivity contribution in [2.24, 2.45) is 0 Å². The van der Waals surface area contributed by atoms with Gasteiger partial charge >= 0.3 is 0 Å². The first-order chi connectivity index (χ1) is 19.2. The van der Waals surface area contributed by atoms with Gasteiger partial charge in [0.05, 0.1) is 18.3 Å². The van der Waals surface area contributed by atoms with Crippen LogP contribution in [0.4, 0.5) is 0 Å². The molecule has 0 bridgehead atoms. The van der Waals surface area contributed by atoms with Crippen molar-refractivity contribution in [2.45, 2.75) is 68.6 Å². The van der Waals surface area contributed by atoms with E-state index >= 15 is 0 Å². The summed E-state index contributed by atoms with van der Waals surface area (Å²) in [5.41, 5.74) is 3.06. The fraction of sp³-hybridized carbons (Fsp3) is 0.387. The van der Waals surface area contributed by atoms with Crippen LogP contribution in [-0.2, 0) is 11.2 Å². The van der Waals surface area contributed by atoms with Gasteiger partial charge < -0.3 is 30.1 Å². The monoisotopic (exact) mass is 585 g/mol. The topological polar surface area (TPSA) is 108 Å². The summed E-state index contributed by atoms with van der Waals surface area (Å²) in [5, 5.41) is 35.8. The van der Waals surface area contributed by atoms with Gasteiger partial charge in [-0.15, -0.1) is 11.8 Å². The Hall–Kier alpha value is -2.59. The number of thioether (sulfide) groups is 1. The van der Waals surface area contributed by atoms with Gasteiger partial charge in [-0.3, -0.25) is 4.79 Å². The number of rotatable bonds is 10. The van der Waals surface area contributed by atoms with E-state index in [4.69, 9.17) is 21.1 Å². The van der Waals surface area contributed by atoms with Gasteiger partial charge in [-0.05, 0) is 74.2 Å². The average Bonchev–Trinajstić information content (AvgIpc) is 2.94. The van der Waals surface area contributed by atoms with Crippen LogP contribution in [0.25, 0.3) is 0 Å². The first kappa shape index (κ1) is 30.4. The fourth-order valence-corrected chi connectivity index (χ4v) is 5.95. The summed E-state index contributed by atoms with van der Waals surface area (Å²) in [5.74, 6) is 0.877. The third-order valence-electron chi connectivity index (χ3n) is 6.69. The molecule has 214 valence electrons. The van der Waals surface area contributed by atoms with Gasteiger partial charge in [-0.1, -0.05) is 48.0 Å². The zero-order valence-electron chi connectivity index (χ0n) is 22.8. The summed E-state index contributed by atoms with van der Waals surface area (Å²) in [6, 6.07) is 20.4.